The van der Waals surface area contributed by atoms with E-state index in [0.717, 1.165) is 23.1 Å². The number of nitrogens with one attached hydrogen (secondary N) is 1. The highest BCUT2D eigenvalue weighted by molar-refractivity contribution is 9.10. The molecule has 0 aliphatic carbocycles. The SMILES string of the molecule is CC(CCc1ccco1)NC(=O)c1ccc(Br)c(N)c1. The molecular formula is C15H17BrN2O2. The number of rotatable bonds is 5. The van der Waals surface area contributed by atoms with Crippen LogP contribution in [0.25, 0.3) is 0 Å². The molecule has 4 nitrogen and oxygen atoms in total. The summed E-state index contributed by atoms with van der Waals surface area (Å²) in [4.78, 5) is 12.1. The molecular weight excluding hydrogens is 320 g/mol. The van der Waals surface area contributed by atoms with Gasteiger partial charge in [-0.05, 0) is 59.6 Å². The Kier molecular flexibility index (Phi) is 4.84. The normalized spacial score (nSPS) is 12.1. The van der Waals surface area contributed by atoms with Gasteiger partial charge in [0, 0.05) is 28.2 Å². The first-order chi connectivity index (χ1) is 9.56. The van der Waals surface area contributed by atoms with Gasteiger partial charge in [0.15, 0.2) is 0 Å². The van der Waals surface area contributed by atoms with Gasteiger partial charge in [-0.1, -0.05) is 0 Å². The molecule has 5 heteroatoms. The summed E-state index contributed by atoms with van der Waals surface area (Å²) >= 11 is 3.31. The van der Waals surface area contributed by atoms with Crippen molar-refractivity contribution in [3.8, 4) is 0 Å². The molecule has 2 rings (SSSR count). The number of furan rings is 1. The van der Waals surface area contributed by atoms with Crippen LogP contribution in [0.3, 0.4) is 0 Å². The predicted octanol–water partition coefficient (Wildman–Crippen LogP) is 3.38. The van der Waals surface area contributed by atoms with E-state index in [2.05, 4.69) is 21.2 Å². The van der Waals surface area contributed by atoms with Crippen molar-refractivity contribution in [2.75, 3.05) is 5.73 Å². The fourth-order valence-electron chi connectivity index (χ4n) is 1.88. The highest BCUT2D eigenvalue weighted by Crippen LogP contribution is 2.20. The highest BCUT2D eigenvalue weighted by atomic mass is 79.9. The van der Waals surface area contributed by atoms with Crippen molar-refractivity contribution in [3.05, 3.63) is 52.4 Å². The summed E-state index contributed by atoms with van der Waals surface area (Å²) in [6, 6.07) is 9.05. The zero-order chi connectivity index (χ0) is 14.5. The van der Waals surface area contributed by atoms with Gasteiger partial charge in [0.2, 0.25) is 0 Å². The summed E-state index contributed by atoms with van der Waals surface area (Å²) in [5, 5.41) is 2.95. The van der Waals surface area contributed by atoms with Gasteiger partial charge < -0.3 is 15.5 Å². The maximum absolute atomic E-state index is 12.1. The van der Waals surface area contributed by atoms with Gasteiger partial charge >= 0.3 is 0 Å². The average molecular weight is 337 g/mol. The van der Waals surface area contributed by atoms with Crippen molar-refractivity contribution in [1.29, 1.82) is 0 Å². The topological polar surface area (TPSA) is 68.3 Å². The van der Waals surface area contributed by atoms with E-state index < -0.39 is 0 Å². The van der Waals surface area contributed by atoms with Crippen molar-refractivity contribution in [2.45, 2.75) is 25.8 Å². The first kappa shape index (κ1) is 14.7. The second-order valence-corrected chi connectivity index (χ2v) is 5.58. The second-order valence-electron chi connectivity index (χ2n) is 4.73. The third-order valence-electron chi connectivity index (χ3n) is 3.04. The quantitative estimate of drug-likeness (QED) is 0.822. The van der Waals surface area contributed by atoms with Crippen molar-refractivity contribution < 1.29 is 9.21 Å². The van der Waals surface area contributed by atoms with E-state index >= 15 is 0 Å². The smallest absolute Gasteiger partial charge is 0.251 e. The van der Waals surface area contributed by atoms with Gasteiger partial charge in [-0.25, -0.2) is 0 Å². The van der Waals surface area contributed by atoms with Gasteiger partial charge in [-0.15, -0.1) is 0 Å². The Hall–Kier alpha value is -1.75. The van der Waals surface area contributed by atoms with E-state index in [9.17, 15) is 4.79 Å². The van der Waals surface area contributed by atoms with Gasteiger partial charge in [0.1, 0.15) is 5.76 Å². The zero-order valence-electron chi connectivity index (χ0n) is 11.2. The van der Waals surface area contributed by atoms with Crippen molar-refractivity contribution in [3.63, 3.8) is 0 Å². The molecule has 1 amide bonds. The summed E-state index contributed by atoms with van der Waals surface area (Å²) < 4.78 is 6.06. The molecule has 0 spiro atoms. The van der Waals surface area contributed by atoms with Crippen molar-refractivity contribution in [2.24, 2.45) is 0 Å². The molecule has 1 unspecified atom stereocenters. The van der Waals surface area contributed by atoms with Crippen LogP contribution in [0.1, 0.15) is 29.5 Å². The number of benzene rings is 1. The van der Waals surface area contributed by atoms with Crippen LogP contribution in [0.15, 0.2) is 45.5 Å². The number of anilines is 1. The van der Waals surface area contributed by atoms with Crippen LogP contribution in [0.4, 0.5) is 5.69 Å². The Balaban J connectivity index is 1.88. The number of hydrogen-bond acceptors (Lipinski definition) is 3. The molecule has 1 heterocycles. The third-order valence-corrected chi connectivity index (χ3v) is 3.76. The second kappa shape index (κ2) is 6.61. The lowest BCUT2D eigenvalue weighted by molar-refractivity contribution is 0.0938. The first-order valence-electron chi connectivity index (χ1n) is 6.44. The molecule has 0 saturated heterocycles. The number of nitrogen functional groups attached to an aromatic ring is 1. The molecule has 3 N–H and O–H groups in total. The summed E-state index contributed by atoms with van der Waals surface area (Å²) in [5.74, 6) is 0.815. The Bertz CT molecular complexity index is 582. The summed E-state index contributed by atoms with van der Waals surface area (Å²) in [6.45, 7) is 1.98. The predicted molar refractivity (Wildman–Crippen MR) is 82.5 cm³/mol. The van der Waals surface area contributed by atoms with Crippen molar-refractivity contribution in [1.82, 2.24) is 5.32 Å². The average Bonchev–Trinajstić information content (AvgIpc) is 2.92. The molecule has 2 aromatic rings. The zero-order valence-corrected chi connectivity index (χ0v) is 12.8. The highest BCUT2D eigenvalue weighted by Gasteiger charge is 2.11. The molecule has 0 fully saturated rings. The van der Waals surface area contributed by atoms with Crippen molar-refractivity contribution >= 4 is 27.5 Å². The van der Waals surface area contributed by atoms with Crippen LogP contribution in [0.2, 0.25) is 0 Å². The number of carbonyl (C=O) groups excluding carboxylic acids is 1. The fraction of sp³-hybridized carbons (Fsp3) is 0.267. The Morgan fingerprint density at radius 2 is 2.25 bits per heavy atom. The van der Waals surface area contributed by atoms with Crippen LogP contribution in [0.5, 0.6) is 0 Å². The molecule has 0 saturated carbocycles. The maximum Gasteiger partial charge on any atom is 0.251 e. The van der Waals surface area contributed by atoms with Gasteiger partial charge in [0.25, 0.3) is 5.91 Å². The maximum atomic E-state index is 12.1. The van der Waals surface area contributed by atoms with E-state index in [1.54, 1.807) is 24.5 Å². The minimum atomic E-state index is -0.115. The lowest BCUT2D eigenvalue weighted by Gasteiger charge is -2.13. The van der Waals surface area contributed by atoms with E-state index in [1.165, 1.54) is 0 Å². The van der Waals surface area contributed by atoms with Gasteiger partial charge in [0.05, 0.1) is 6.26 Å². The molecule has 0 aliphatic heterocycles. The van der Waals surface area contributed by atoms with Gasteiger partial charge in [-0.3, -0.25) is 4.79 Å². The lowest BCUT2D eigenvalue weighted by Crippen LogP contribution is -2.32. The summed E-state index contributed by atoms with van der Waals surface area (Å²) in [7, 11) is 0. The van der Waals surface area contributed by atoms with Crippen LogP contribution in [-0.2, 0) is 6.42 Å². The Morgan fingerprint density at radius 3 is 2.90 bits per heavy atom. The first-order valence-corrected chi connectivity index (χ1v) is 7.24. The van der Waals surface area contributed by atoms with E-state index in [1.807, 2.05) is 19.1 Å². The number of nitrogens with two attached hydrogens (primary N) is 1. The molecule has 106 valence electrons. The summed E-state index contributed by atoms with van der Waals surface area (Å²) in [5.41, 5.74) is 6.89. The number of amides is 1. The number of halogens is 1. The van der Waals surface area contributed by atoms with Crippen LogP contribution >= 0.6 is 15.9 Å². The molecule has 0 aliphatic rings. The molecule has 20 heavy (non-hydrogen) atoms. The van der Waals surface area contributed by atoms with Crippen LogP contribution in [0, 0.1) is 0 Å². The standard InChI is InChI=1S/C15H17BrN2O2/c1-10(4-6-12-3-2-8-20-12)18-15(19)11-5-7-13(16)14(17)9-11/h2-3,5,7-10H,4,6,17H2,1H3,(H,18,19). The van der Waals surface area contributed by atoms with E-state index in [4.69, 9.17) is 10.2 Å². The molecule has 1 atom stereocenters. The van der Waals surface area contributed by atoms with Crippen LogP contribution < -0.4 is 11.1 Å². The fourth-order valence-corrected chi connectivity index (χ4v) is 2.12. The number of aryl methyl sites for hydroxylation is 1. The minimum absolute atomic E-state index is 0.0671. The number of carbonyl (C=O) groups is 1. The molecule has 1 aromatic heterocycles. The van der Waals surface area contributed by atoms with E-state index in [0.29, 0.717) is 11.3 Å². The lowest BCUT2D eigenvalue weighted by atomic mass is 10.1. The molecule has 0 radical (unpaired) electrons. The van der Waals surface area contributed by atoms with Gasteiger partial charge in [-0.2, -0.15) is 0 Å². The summed E-state index contributed by atoms with van der Waals surface area (Å²) in [6.07, 6.45) is 3.28. The Labute approximate surface area is 126 Å². The van der Waals surface area contributed by atoms with Crippen LogP contribution in [-0.4, -0.2) is 11.9 Å². The Morgan fingerprint density at radius 1 is 1.45 bits per heavy atom. The van der Waals surface area contributed by atoms with E-state index in [-0.39, 0.29) is 11.9 Å². The monoisotopic (exact) mass is 336 g/mol. The number of hydrogen-bond donors (Lipinski definition) is 2. The molecule has 1 aromatic carbocycles. The largest absolute Gasteiger partial charge is 0.469 e. The third kappa shape index (κ3) is 3.87. The molecule has 0 bridgehead atoms. The minimum Gasteiger partial charge on any atom is -0.469 e.